The summed E-state index contributed by atoms with van der Waals surface area (Å²) in [5.74, 6) is -3.10. The zero-order valence-electron chi connectivity index (χ0n) is 11.4. The molecule has 6 heteroatoms. The van der Waals surface area contributed by atoms with Gasteiger partial charge in [-0.25, -0.2) is 8.78 Å². The third-order valence-corrected chi connectivity index (χ3v) is 3.75. The Balaban J connectivity index is 1.91. The van der Waals surface area contributed by atoms with E-state index in [0.717, 1.165) is 25.0 Å². The second-order valence-corrected chi connectivity index (χ2v) is 5.38. The van der Waals surface area contributed by atoms with E-state index in [2.05, 4.69) is 5.32 Å². The van der Waals surface area contributed by atoms with Crippen LogP contribution in [0.25, 0.3) is 0 Å². The lowest BCUT2D eigenvalue weighted by Gasteiger charge is -2.27. The molecule has 2 unspecified atom stereocenters. The molecule has 0 radical (unpaired) electrons. The van der Waals surface area contributed by atoms with E-state index in [1.54, 1.807) is 0 Å². The highest BCUT2D eigenvalue weighted by Gasteiger charge is 2.27. The van der Waals surface area contributed by atoms with Crippen LogP contribution in [0.3, 0.4) is 0 Å². The van der Waals surface area contributed by atoms with Crippen molar-refractivity contribution in [1.82, 2.24) is 5.32 Å². The van der Waals surface area contributed by atoms with Crippen molar-refractivity contribution >= 4 is 11.9 Å². The number of amides is 1. The molecule has 0 aliphatic heterocycles. The maximum Gasteiger partial charge on any atom is 0.306 e. The van der Waals surface area contributed by atoms with Gasteiger partial charge in [-0.1, -0.05) is 12.5 Å². The summed E-state index contributed by atoms with van der Waals surface area (Å²) in [4.78, 5) is 22.8. The van der Waals surface area contributed by atoms with Crippen LogP contribution >= 0.6 is 0 Å². The first-order chi connectivity index (χ1) is 9.95. The lowest BCUT2D eigenvalue weighted by molar-refractivity contribution is -0.143. The van der Waals surface area contributed by atoms with E-state index in [4.69, 9.17) is 5.11 Å². The van der Waals surface area contributed by atoms with Crippen molar-refractivity contribution in [2.75, 3.05) is 0 Å². The number of aliphatic carboxylic acids is 1. The minimum atomic E-state index is -0.849. The molecular weight excluding hydrogens is 280 g/mol. The van der Waals surface area contributed by atoms with E-state index in [0.29, 0.717) is 12.8 Å². The molecule has 0 spiro atoms. The number of carbonyl (C=O) groups is 2. The standard InChI is InChI=1S/C15H17F2NO3/c16-11-5-4-9(13(17)8-11)7-14(19)18-12-3-1-2-10(6-12)15(20)21/h4-5,8,10,12H,1-3,6-7H2,(H,18,19)(H,20,21). The molecule has 0 bridgehead atoms. The highest BCUT2D eigenvalue weighted by atomic mass is 19.1. The van der Waals surface area contributed by atoms with Crippen LogP contribution in [0.2, 0.25) is 0 Å². The van der Waals surface area contributed by atoms with Gasteiger partial charge in [0, 0.05) is 12.1 Å². The molecule has 0 saturated heterocycles. The first kappa shape index (κ1) is 15.4. The van der Waals surface area contributed by atoms with Gasteiger partial charge in [-0.2, -0.15) is 0 Å². The van der Waals surface area contributed by atoms with Gasteiger partial charge >= 0.3 is 5.97 Å². The summed E-state index contributed by atoms with van der Waals surface area (Å²) in [7, 11) is 0. The van der Waals surface area contributed by atoms with Gasteiger partial charge in [-0.15, -0.1) is 0 Å². The Kier molecular flexibility index (Phi) is 4.88. The highest BCUT2D eigenvalue weighted by molar-refractivity contribution is 5.79. The topological polar surface area (TPSA) is 66.4 Å². The molecular formula is C15H17F2NO3. The minimum absolute atomic E-state index is 0.125. The van der Waals surface area contributed by atoms with E-state index >= 15 is 0 Å². The molecule has 0 aromatic heterocycles. The van der Waals surface area contributed by atoms with Crippen LogP contribution in [0.15, 0.2) is 18.2 Å². The van der Waals surface area contributed by atoms with Crippen LogP contribution in [-0.2, 0) is 16.0 Å². The summed E-state index contributed by atoms with van der Waals surface area (Å²) in [5.41, 5.74) is 0.125. The molecule has 2 atom stereocenters. The first-order valence-corrected chi connectivity index (χ1v) is 6.92. The van der Waals surface area contributed by atoms with Gasteiger partial charge in [0.1, 0.15) is 11.6 Å². The van der Waals surface area contributed by atoms with Crippen molar-refractivity contribution in [1.29, 1.82) is 0 Å². The lowest BCUT2D eigenvalue weighted by atomic mass is 9.85. The SMILES string of the molecule is O=C(Cc1ccc(F)cc1F)NC1CCCC(C(=O)O)C1. The smallest absolute Gasteiger partial charge is 0.306 e. The van der Waals surface area contributed by atoms with E-state index < -0.39 is 23.5 Å². The van der Waals surface area contributed by atoms with E-state index in [1.165, 1.54) is 6.07 Å². The van der Waals surface area contributed by atoms with Crippen LogP contribution in [0.4, 0.5) is 8.78 Å². The van der Waals surface area contributed by atoms with Gasteiger partial charge in [0.2, 0.25) is 5.91 Å². The van der Waals surface area contributed by atoms with Crippen molar-refractivity contribution in [3.63, 3.8) is 0 Å². The van der Waals surface area contributed by atoms with Gasteiger partial charge in [-0.05, 0) is 30.9 Å². The van der Waals surface area contributed by atoms with Gasteiger partial charge in [0.25, 0.3) is 0 Å². The summed E-state index contributed by atoms with van der Waals surface area (Å²) in [6.07, 6.45) is 2.30. The van der Waals surface area contributed by atoms with E-state index in [1.807, 2.05) is 0 Å². The number of carboxylic acids is 1. The highest BCUT2D eigenvalue weighted by Crippen LogP contribution is 2.24. The summed E-state index contributed by atoms with van der Waals surface area (Å²) < 4.78 is 26.2. The molecule has 1 aromatic rings. The number of carboxylic acid groups (broad SMARTS) is 1. The molecule has 2 N–H and O–H groups in total. The molecule has 1 amide bonds. The quantitative estimate of drug-likeness (QED) is 0.896. The summed E-state index contributed by atoms with van der Waals surface area (Å²) in [5, 5.41) is 11.7. The third kappa shape index (κ3) is 4.24. The Hall–Kier alpha value is -1.98. The van der Waals surface area contributed by atoms with Gasteiger partial charge < -0.3 is 10.4 Å². The van der Waals surface area contributed by atoms with Crippen molar-refractivity contribution in [3.8, 4) is 0 Å². The Morgan fingerprint density at radius 1 is 1.29 bits per heavy atom. The van der Waals surface area contributed by atoms with Crippen LogP contribution in [0.1, 0.15) is 31.2 Å². The third-order valence-electron chi connectivity index (χ3n) is 3.75. The van der Waals surface area contributed by atoms with Crippen LogP contribution in [0, 0.1) is 17.6 Å². The molecule has 0 heterocycles. The van der Waals surface area contributed by atoms with Gasteiger partial charge in [-0.3, -0.25) is 9.59 Å². The summed E-state index contributed by atoms with van der Waals surface area (Å²) in [6.45, 7) is 0. The zero-order chi connectivity index (χ0) is 15.4. The Morgan fingerprint density at radius 3 is 2.71 bits per heavy atom. The van der Waals surface area contributed by atoms with E-state index in [-0.39, 0.29) is 23.9 Å². The monoisotopic (exact) mass is 297 g/mol. The maximum atomic E-state index is 13.5. The fourth-order valence-corrected chi connectivity index (χ4v) is 2.66. The van der Waals surface area contributed by atoms with Gasteiger partial charge in [0.05, 0.1) is 12.3 Å². The molecule has 4 nitrogen and oxygen atoms in total. The second-order valence-electron chi connectivity index (χ2n) is 5.38. The Bertz CT molecular complexity index is 548. The molecule has 1 fully saturated rings. The van der Waals surface area contributed by atoms with Crippen molar-refractivity contribution in [2.24, 2.45) is 5.92 Å². The predicted octanol–water partition coefficient (Wildman–Crippen LogP) is 2.27. The van der Waals surface area contributed by atoms with Gasteiger partial charge in [0.15, 0.2) is 0 Å². The average Bonchev–Trinajstić information content (AvgIpc) is 2.42. The van der Waals surface area contributed by atoms with Crippen molar-refractivity contribution < 1.29 is 23.5 Å². The number of rotatable bonds is 4. The van der Waals surface area contributed by atoms with Crippen molar-refractivity contribution in [3.05, 3.63) is 35.4 Å². The largest absolute Gasteiger partial charge is 0.481 e. The number of carbonyl (C=O) groups excluding carboxylic acids is 1. The number of benzene rings is 1. The number of halogens is 2. The Morgan fingerprint density at radius 2 is 2.05 bits per heavy atom. The summed E-state index contributed by atoms with van der Waals surface area (Å²) >= 11 is 0. The lowest BCUT2D eigenvalue weighted by Crippen LogP contribution is -2.40. The van der Waals surface area contributed by atoms with Crippen LogP contribution in [-0.4, -0.2) is 23.0 Å². The van der Waals surface area contributed by atoms with Crippen molar-refractivity contribution in [2.45, 2.75) is 38.1 Å². The van der Waals surface area contributed by atoms with E-state index in [9.17, 15) is 18.4 Å². The molecule has 1 aliphatic carbocycles. The maximum absolute atomic E-state index is 13.5. The normalized spacial score (nSPS) is 21.8. The fourth-order valence-electron chi connectivity index (χ4n) is 2.66. The summed E-state index contributed by atoms with van der Waals surface area (Å²) in [6, 6.07) is 2.89. The second kappa shape index (κ2) is 6.65. The molecule has 2 rings (SSSR count). The zero-order valence-corrected chi connectivity index (χ0v) is 11.4. The number of nitrogens with one attached hydrogen (secondary N) is 1. The average molecular weight is 297 g/mol. The molecule has 114 valence electrons. The molecule has 1 aromatic carbocycles. The fraction of sp³-hybridized carbons (Fsp3) is 0.467. The Labute approximate surface area is 121 Å². The first-order valence-electron chi connectivity index (χ1n) is 6.92. The molecule has 1 aliphatic rings. The number of hydrogen-bond acceptors (Lipinski definition) is 2. The van der Waals surface area contributed by atoms with Crippen LogP contribution in [0.5, 0.6) is 0 Å². The minimum Gasteiger partial charge on any atom is -0.481 e. The molecule has 1 saturated carbocycles. The predicted molar refractivity (Wildman–Crippen MR) is 71.6 cm³/mol. The molecule has 21 heavy (non-hydrogen) atoms. The number of hydrogen-bond donors (Lipinski definition) is 2. The van der Waals surface area contributed by atoms with Crippen LogP contribution < -0.4 is 5.32 Å².